The molecular formula is C10H15NO. The maximum Gasteiger partial charge on any atom is 0.147 e. The molecule has 1 atom stereocenters. The van der Waals surface area contributed by atoms with Crippen LogP contribution in [0.3, 0.4) is 0 Å². The average molecular weight is 165 g/mol. The molecule has 1 aromatic rings. The summed E-state index contributed by atoms with van der Waals surface area (Å²) in [6, 6.07) is 9.66. The van der Waals surface area contributed by atoms with Crippen molar-refractivity contribution in [3.05, 3.63) is 30.3 Å². The fourth-order valence-electron chi connectivity index (χ4n) is 1.02. The normalized spacial score (nSPS) is 12.5. The first-order valence-corrected chi connectivity index (χ1v) is 4.30. The molecule has 0 amide bonds. The molecule has 0 aliphatic carbocycles. The van der Waals surface area contributed by atoms with Crippen LogP contribution in [0.1, 0.15) is 19.8 Å². The summed E-state index contributed by atoms with van der Waals surface area (Å²) in [6.45, 7) is 2.09. The van der Waals surface area contributed by atoms with Gasteiger partial charge in [-0.25, -0.2) is 0 Å². The first kappa shape index (κ1) is 9.07. The number of ether oxygens (including phenoxy) is 1. The third-order valence-electron chi connectivity index (χ3n) is 1.60. The van der Waals surface area contributed by atoms with Gasteiger partial charge in [0.2, 0.25) is 0 Å². The molecular weight excluding hydrogens is 150 g/mol. The van der Waals surface area contributed by atoms with Crippen LogP contribution < -0.4 is 10.5 Å². The Morgan fingerprint density at radius 1 is 1.33 bits per heavy atom. The predicted octanol–water partition coefficient (Wildman–Crippen LogP) is 2.15. The predicted molar refractivity (Wildman–Crippen MR) is 50.0 cm³/mol. The second kappa shape index (κ2) is 4.78. The van der Waals surface area contributed by atoms with E-state index in [1.807, 2.05) is 30.3 Å². The van der Waals surface area contributed by atoms with Gasteiger partial charge in [0.25, 0.3) is 0 Å². The van der Waals surface area contributed by atoms with E-state index in [2.05, 4.69) is 6.92 Å². The lowest BCUT2D eigenvalue weighted by Crippen LogP contribution is -2.26. The molecule has 66 valence electrons. The average Bonchev–Trinajstić information content (AvgIpc) is 2.06. The zero-order valence-corrected chi connectivity index (χ0v) is 7.36. The Hall–Kier alpha value is -1.02. The highest BCUT2D eigenvalue weighted by Gasteiger charge is 2.00. The SMILES string of the molecule is CCCC(N)Oc1ccccc1. The van der Waals surface area contributed by atoms with Crippen LogP contribution in [0.15, 0.2) is 30.3 Å². The smallest absolute Gasteiger partial charge is 0.147 e. The molecule has 2 nitrogen and oxygen atoms in total. The number of para-hydroxylation sites is 1. The first-order valence-electron chi connectivity index (χ1n) is 4.30. The quantitative estimate of drug-likeness (QED) is 0.694. The number of hydrogen-bond acceptors (Lipinski definition) is 2. The third kappa shape index (κ3) is 2.93. The Morgan fingerprint density at radius 3 is 2.58 bits per heavy atom. The number of benzene rings is 1. The van der Waals surface area contributed by atoms with Gasteiger partial charge in [0.1, 0.15) is 12.0 Å². The minimum Gasteiger partial charge on any atom is -0.476 e. The van der Waals surface area contributed by atoms with Crippen LogP contribution in [0.5, 0.6) is 5.75 Å². The van der Waals surface area contributed by atoms with Crippen molar-refractivity contribution in [2.75, 3.05) is 0 Å². The number of hydrogen-bond donors (Lipinski definition) is 1. The van der Waals surface area contributed by atoms with E-state index in [1.54, 1.807) is 0 Å². The Bertz CT molecular complexity index is 210. The number of nitrogens with two attached hydrogens (primary N) is 1. The third-order valence-corrected chi connectivity index (χ3v) is 1.60. The zero-order chi connectivity index (χ0) is 8.81. The summed E-state index contributed by atoms with van der Waals surface area (Å²) in [6.07, 6.45) is 1.78. The van der Waals surface area contributed by atoms with Crippen LogP contribution in [-0.2, 0) is 0 Å². The lowest BCUT2D eigenvalue weighted by atomic mass is 10.3. The second-order valence-electron chi connectivity index (χ2n) is 2.76. The van der Waals surface area contributed by atoms with Crippen LogP contribution in [-0.4, -0.2) is 6.23 Å². The number of rotatable bonds is 4. The fraction of sp³-hybridized carbons (Fsp3) is 0.400. The van der Waals surface area contributed by atoms with Crippen molar-refractivity contribution in [1.29, 1.82) is 0 Å². The van der Waals surface area contributed by atoms with E-state index in [4.69, 9.17) is 10.5 Å². The molecule has 0 spiro atoms. The minimum absolute atomic E-state index is 0.169. The highest BCUT2D eigenvalue weighted by molar-refractivity contribution is 5.21. The Balaban J connectivity index is 2.41. The molecule has 0 bridgehead atoms. The standard InChI is InChI=1S/C10H15NO/c1-2-6-10(11)12-9-7-4-3-5-8-9/h3-5,7-8,10H,2,6,11H2,1H3. The van der Waals surface area contributed by atoms with Gasteiger partial charge >= 0.3 is 0 Å². The van der Waals surface area contributed by atoms with Gasteiger partial charge in [-0.05, 0) is 18.6 Å². The van der Waals surface area contributed by atoms with Crippen molar-refractivity contribution in [3.63, 3.8) is 0 Å². The van der Waals surface area contributed by atoms with E-state index in [-0.39, 0.29) is 6.23 Å². The molecule has 0 fully saturated rings. The van der Waals surface area contributed by atoms with Crippen LogP contribution in [0.25, 0.3) is 0 Å². The van der Waals surface area contributed by atoms with Crippen molar-refractivity contribution < 1.29 is 4.74 Å². The molecule has 0 radical (unpaired) electrons. The highest BCUT2D eigenvalue weighted by atomic mass is 16.5. The van der Waals surface area contributed by atoms with Gasteiger partial charge in [-0.1, -0.05) is 31.5 Å². The molecule has 0 heterocycles. The van der Waals surface area contributed by atoms with Gasteiger partial charge in [-0.3, -0.25) is 5.73 Å². The summed E-state index contributed by atoms with van der Waals surface area (Å²) in [5.74, 6) is 0.846. The largest absolute Gasteiger partial charge is 0.476 e. The van der Waals surface area contributed by atoms with E-state index in [0.29, 0.717) is 0 Å². The second-order valence-corrected chi connectivity index (χ2v) is 2.76. The summed E-state index contributed by atoms with van der Waals surface area (Å²) in [4.78, 5) is 0. The van der Waals surface area contributed by atoms with Crippen molar-refractivity contribution in [3.8, 4) is 5.75 Å². The fourth-order valence-corrected chi connectivity index (χ4v) is 1.02. The van der Waals surface area contributed by atoms with E-state index in [1.165, 1.54) is 0 Å². The molecule has 1 unspecified atom stereocenters. The van der Waals surface area contributed by atoms with Crippen molar-refractivity contribution >= 4 is 0 Å². The molecule has 2 heteroatoms. The molecule has 0 saturated carbocycles. The first-order chi connectivity index (χ1) is 5.83. The van der Waals surface area contributed by atoms with Crippen molar-refractivity contribution in [1.82, 2.24) is 0 Å². The summed E-state index contributed by atoms with van der Waals surface area (Å²) in [5, 5.41) is 0. The Morgan fingerprint density at radius 2 is 2.00 bits per heavy atom. The molecule has 1 rings (SSSR count). The Kier molecular flexibility index (Phi) is 3.61. The van der Waals surface area contributed by atoms with E-state index in [0.717, 1.165) is 18.6 Å². The summed E-state index contributed by atoms with van der Waals surface area (Å²) < 4.78 is 5.43. The minimum atomic E-state index is -0.169. The maximum absolute atomic E-state index is 5.69. The van der Waals surface area contributed by atoms with Gasteiger partial charge in [0, 0.05) is 0 Å². The maximum atomic E-state index is 5.69. The molecule has 0 aliphatic heterocycles. The van der Waals surface area contributed by atoms with Gasteiger partial charge in [0.15, 0.2) is 0 Å². The van der Waals surface area contributed by atoms with Crippen molar-refractivity contribution in [2.45, 2.75) is 26.0 Å². The molecule has 1 aromatic carbocycles. The van der Waals surface area contributed by atoms with E-state index < -0.39 is 0 Å². The highest BCUT2D eigenvalue weighted by Crippen LogP contribution is 2.10. The lowest BCUT2D eigenvalue weighted by Gasteiger charge is -2.12. The van der Waals surface area contributed by atoms with Gasteiger partial charge in [-0.15, -0.1) is 0 Å². The monoisotopic (exact) mass is 165 g/mol. The Labute approximate surface area is 73.3 Å². The molecule has 0 saturated heterocycles. The molecule has 2 N–H and O–H groups in total. The van der Waals surface area contributed by atoms with Crippen LogP contribution >= 0.6 is 0 Å². The molecule has 0 aromatic heterocycles. The zero-order valence-electron chi connectivity index (χ0n) is 7.36. The molecule has 12 heavy (non-hydrogen) atoms. The van der Waals surface area contributed by atoms with Crippen LogP contribution in [0.4, 0.5) is 0 Å². The van der Waals surface area contributed by atoms with Crippen LogP contribution in [0, 0.1) is 0 Å². The van der Waals surface area contributed by atoms with Gasteiger partial charge in [0.05, 0.1) is 0 Å². The molecule has 0 aliphatic rings. The van der Waals surface area contributed by atoms with Crippen molar-refractivity contribution in [2.24, 2.45) is 5.73 Å². The van der Waals surface area contributed by atoms with Crippen LogP contribution in [0.2, 0.25) is 0 Å². The lowest BCUT2D eigenvalue weighted by molar-refractivity contribution is 0.198. The summed E-state index contributed by atoms with van der Waals surface area (Å²) >= 11 is 0. The summed E-state index contributed by atoms with van der Waals surface area (Å²) in [7, 11) is 0. The van der Waals surface area contributed by atoms with Gasteiger partial charge in [-0.2, -0.15) is 0 Å². The van der Waals surface area contributed by atoms with Gasteiger partial charge < -0.3 is 4.74 Å². The van der Waals surface area contributed by atoms with E-state index in [9.17, 15) is 0 Å². The summed E-state index contributed by atoms with van der Waals surface area (Å²) in [5.41, 5.74) is 5.69. The van der Waals surface area contributed by atoms with E-state index >= 15 is 0 Å². The topological polar surface area (TPSA) is 35.2 Å².